The van der Waals surface area contributed by atoms with E-state index in [-0.39, 0.29) is 5.91 Å². The minimum atomic E-state index is -0.0908. The fourth-order valence-electron chi connectivity index (χ4n) is 2.51. The number of benzene rings is 2. The lowest BCUT2D eigenvalue weighted by atomic mass is 10.1. The molecule has 1 heterocycles. The van der Waals surface area contributed by atoms with Crippen LogP contribution in [-0.4, -0.2) is 15.7 Å². The van der Waals surface area contributed by atoms with Gasteiger partial charge in [-0.3, -0.25) is 4.79 Å². The molecule has 0 aliphatic rings. The zero-order valence-corrected chi connectivity index (χ0v) is 16.0. The van der Waals surface area contributed by atoms with E-state index in [9.17, 15) is 4.79 Å². The van der Waals surface area contributed by atoms with Crippen molar-refractivity contribution in [2.24, 2.45) is 0 Å². The second-order valence-electron chi connectivity index (χ2n) is 5.75. The SMILES string of the molecule is O=C(CCc1ccc(Cl)cc1)Nc1ccnn1Cc1c(Cl)cccc1Cl. The molecule has 3 rings (SSSR count). The normalized spacial score (nSPS) is 10.7. The first-order valence-corrected chi connectivity index (χ1v) is 9.15. The quantitative estimate of drug-likeness (QED) is 0.588. The van der Waals surface area contributed by atoms with Gasteiger partial charge >= 0.3 is 0 Å². The van der Waals surface area contributed by atoms with Crippen molar-refractivity contribution in [1.82, 2.24) is 9.78 Å². The van der Waals surface area contributed by atoms with Crippen LogP contribution in [0.5, 0.6) is 0 Å². The van der Waals surface area contributed by atoms with Gasteiger partial charge in [0, 0.05) is 33.1 Å². The standard InChI is InChI=1S/C19H16Cl3N3O/c20-14-7-4-13(5-8-14)6-9-19(26)24-18-10-11-23-25(18)12-15-16(21)2-1-3-17(15)22/h1-5,7-8,10-11H,6,9,12H2,(H,24,26). The monoisotopic (exact) mass is 407 g/mol. The van der Waals surface area contributed by atoms with Crippen molar-refractivity contribution >= 4 is 46.5 Å². The summed E-state index contributed by atoms with van der Waals surface area (Å²) < 4.78 is 1.66. The Morgan fingerprint density at radius 1 is 1.00 bits per heavy atom. The van der Waals surface area contributed by atoms with E-state index in [2.05, 4.69) is 10.4 Å². The summed E-state index contributed by atoms with van der Waals surface area (Å²) in [5, 5.41) is 8.93. The van der Waals surface area contributed by atoms with Gasteiger partial charge in [0.05, 0.1) is 12.7 Å². The number of hydrogen-bond acceptors (Lipinski definition) is 2. The van der Waals surface area contributed by atoms with E-state index in [1.165, 1.54) is 0 Å². The van der Waals surface area contributed by atoms with Crippen molar-refractivity contribution in [2.45, 2.75) is 19.4 Å². The Morgan fingerprint density at radius 3 is 2.38 bits per heavy atom. The van der Waals surface area contributed by atoms with Gasteiger partial charge < -0.3 is 5.32 Å². The lowest BCUT2D eigenvalue weighted by Gasteiger charge is -2.11. The number of rotatable bonds is 6. The van der Waals surface area contributed by atoms with Crippen LogP contribution in [0.2, 0.25) is 15.1 Å². The minimum Gasteiger partial charge on any atom is -0.311 e. The van der Waals surface area contributed by atoms with Crippen LogP contribution in [-0.2, 0) is 17.8 Å². The molecule has 1 aromatic heterocycles. The molecule has 1 amide bonds. The largest absolute Gasteiger partial charge is 0.311 e. The molecule has 0 unspecified atom stereocenters. The van der Waals surface area contributed by atoms with Crippen LogP contribution in [0.4, 0.5) is 5.82 Å². The third kappa shape index (κ3) is 4.79. The Balaban J connectivity index is 1.63. The number of anilines is 1. The van der Waals surface area contributed by atoms with Crippen molar-refractivity contribution in [2.75, 3.05) is 5.32 Å². The summed E-state index contributed by atoms with van der Waals surface area (Å²) in [7, 11) is 0. The maximum atomic E-state index is 12.3. The molecule has 3 aromatic rings. The highest BCUT2D eigenvalue weighted by Gasteiger charge is 2.11. The molecule has 7 heteroatoms. The second-order valence-corrected chi connectivity index (χ2v) is 7.00. The van der Waals surface area contributed by atoms with Crippen LogP contribution < -0.4 is 5.32 Å². The zero-order valence-electron chi connectivity index (χ0n) is 13.8. The molecule has 4 nitrogen and oxygen atoms in total. The molecule has 0 fully saturated rings. The summed E-state index contributed by atoms with van der Waals surface area (Å²) in [6.45, 7) is 0.373. The van der Waals surface area contributed by atoms with Crippen molar-refractivity contribution in [3.05, 3.63) is 80.9 Å². The van der Waals surface area contributed by atoms with Crippen LogP contribution in [0.25, 0.3) is 0 Å². The zero-order chi connectivity index (χ0) is 18.5. The third-order valence-corrected chi connectivity index (χ3v) is 4.87. The maximum Gasteiger partial charge on any atom is 0.225 e. The first-order valence-electron chi connectivity index (χ1n) is 8.02. The molecule has 0 bridgehead atoms. The number of nitrogens with zero attached hydrogens (tertiary/aromatic N) is 2. The predicted octanol–water partition coefficient (Wildman–Crippen LogP) is 5.46. The molecule has 0 aliphatic carbocycles. The maximum absolute atomic E-state index is 12.3. The van der Waals surface area contributed by atoms with Gasteiger partial charge in [-0.05, 0) is 36.2 Å². The first kappa shape index (κ1) is 18.8. The van der Waals surface area contributed by atoms with E-state index >= 15 is 0 Å². The van der Waals surface area contributed by atoms with Crippen LogP contribution in [0.3, 0.4) is 0 Å². The average molecular weight is 409 g/mol. The van der Waals surface area contributed by atoms with Gasteiger partial charge in [0.15, 0.2) is 0 Å². The molecule has 0 saturated carbocycles. The van der Waals surface area contributed by atoms with Gasteiger partial charge in [-0.15, -0.1) is 0 Å². The average Bonchev–Trinajstić information content (AvgIpc) is 3.04. The van der Waals surface area contributed by atoms with E-state index in [1.54, 1.807) is 35.1 Å². The van der Waals surface area contributed by atoms with Gasteiger partial charge in [-0.2, -0.15) is 5.10 Å². The molecule has 0 saturated heterocycles. The minimum absolute atomic E-state index is 0.0908. The summed E-state index contributed by atoms with van der Waals surface area (Å²) >= 11 is 18.3. The van der Waals surface area contributed by atoms with Crippen LogP contribution in [0.15, 0.2) is 54.7 Å². The van der Waals surface area contributed by atoms with Crippen molar-refractivity contribution < 1.29 is 4.79 Å². The molecule has 134 valence electrons. The number of halogens is 3. The molecule has 0 atom stereocenters. The predicted molar refractivity (Wildman–Crippen MR) is 106 cm³/mol. The molecular weight excluding hydrogens is 393 g/mol. The number of hydrogen-bond donors (Lipinski definition) is 1. The van der Waals surface area contributed by atoms with E-state index in [0.717, 1.165) is 11.1 Å². The van der Waals surface area contributed by atoms with E-state index in [1.807, 2.05) is 24.3 Å². The topological polar surface area (TPSA) is 46.9 Å². The lowest BCUT2D eigenvalue weighted by Crippen LogP contribution is -2.16. The molecule has 0 aliphatic heterocycles. The molecule has 26 heavy (non-hydrogen) atoms. The van der Waals surface area contributed by atoms with Crippen molar-refractivity contribution in [3.8, 4) is 0 Å². The Hall–Kier alpha value is -2.01. The van der Waals surface area contributed by atoms with E-state index < -0.39 is 0 Å². The first-order chi connectivity index (χ1) is 12.5. The summed E-state index contributed by atoms with van der Waals surface area (Å²) in [6, 6.07) is 14.5. The number of aryl methyl sites for hydroxylation is 1. The third-order valence-electron chi connectivity index (χ3n) is 3.91. The number of carbonyl (C=O) groups excluding carboxylic acids is 1. The Kier molecular flexibility index (Phi) is 6.20. The number of aromatic nitrogens is 2. The Labute approximate surface area is 166 Å². The van der Waals surface area contributed by atoms with Gasteiger partial charge in [0.1, 0.15) is 5.82 Å². The second kappa shape index (κ2) is 8.58. The van der Waals surface area contributed by atoms with Gasteiger partial charge in [-0.1, -0.05) is 53.0 Å². The summed E-state index contributed by atoms with van der Waals surface area (Å²) in [6.07, 6.45) is 2.62. The summed E-state index contributed by atoms with van der Waals surface area (Å²) in [5.74, 6) is 0.508. The van der Waals surface area contributed by atoms with Crippen LogP contribution >= 0.6 is 34.8 Å². The number of amides is 1. The number of nitrogens with one attached hydrogen (secondary N) is 1. The Morgan fingerprint density at radius 2 is 1.69 bits per heavy atom. The molecule has 1 N–H and O–H groups in total. The summed E-state index contributed by atoms with van der Waals surface area (Å²) in [4.78, 5) is 12.3. The lowest BCUT2D eigenvalue weighted by molar-refractivity contribution is -0.116. The highest BCUT2D eigenvalue weighted by Crippen LogP contribution is 2.26. The summed E-state index contributed by atoms with van der Waals surface area (Å²) in [5.41, 5.74) is 1.82. The van der Waals surface area contributed by atoms with E-state index in [0.29, 0.717) is 40.3 Å². The molecular formula is C19H16Cl3N3O. The van der Waals surface area contributed by atoms with Crippen molar-refractivity contribution in [1.29, 1.82) is 0 Å². The van der Waals surface area contributed by atoms with E-state index in [4.69, 9.17) is 34.8 Å². The van der Waals surface area contributed by atoms with Gasteiger partial charge in [0.2, 0.25) is 5.91 Å². The fourth-order valence-corrected chi connectivity index (χ4v) is 3.16. The van der Waals surface area contributed by atoms with Gasteiger partial charge in [-0.25, -0.2) is 4.68 Å². The molecule has 2 aromatic carbocycles. The molecule has 0 radical (unpaired) electrons. The van der Waals surface area contributed by atoms with Crippen LogP contribution in [0, 0.1) is 0 Å². The van der Waals surface area contributed by atoms with Crippen molar-refractivity contribution in [3.63, 3.8) is 0 Å². The highest BCUT2D eigenvalue weighted by atomic mass is 35.5. The van der Waals surface area contributed by atoms with Gasteiger partial charge in [0.25, 0.3) is 0 Å². The number of carbonyl (C=O) groups is 1. The highest BCUT2D eigenvalue weighted by molar-refractivity contribution is 6.36. The molecule has 0 spiro atoms. The Bertz CT molecular complexity index is 886. The van der Waals surface area contributed by atoms with Crippen LogP contribution in [0.1, 0.15) is 17.5 Å². The smallest absolute Gasteiger partial charge is 0.225 e. The fraction of sp³-hybridized carbons (Fsp3) is 0.158.